The molecule has 0 atom stereocenters. The van der Waals surface area contributed by atoms with Gasteiger partial charge < -0.3 is 4.74 Å². The van der Waals surface area contributed by atoms with Crippen molar-refractivity contribution < 1.29 is 9.53 Å². The number of hydrogen-bond donors (Lipinski definition) is 0. The maximum atomic E-state index is 13.6. The fraction of sp³-hybridized carbons (Fsp3) is 0.0800. The second-order valence-electron chi connectivity index (χ2n) is 7.14. The smallest absolute Gasteiger partial charge is 0.260 e. The predicted octanol–water partition coefficient (Wildman–Crippen LogP) is 5.70. The first-order chi connectivity index (χ1) is 15.2. The van der Waals surface area contributed by atoms with Gasteiger partial charge in [-0.2, -0.15) is 0 Å². The van der Waals surface area contributed by atoms with Crippen LogP contribution < -0.4 is 9.64 Å². The van der Waals surface area contributed by atoms with Gasteiger partial charge in [0, 0.05) is 24.0 Å². The zero-order valence-corrected chi connectivity index (χ0v) is 17.7. The first kappa shape index (κ1) is 19.2. The molecule has 3 aromatic carbocycles. The van der Waals surface area contributed by atoms with E-state index >= 15 is 0 Å². The van der Waals surface area contributed by atoms with E-state index in [1.54, 1.807) is 24.4 Å². The summed E-state index contributed by atoms with van der Waals surface area (Å²) in [5.74, 6) is 0.643. The van der Waals surface area contributed by atoms with Crippen LogP contribution in [0.3, 0.4) is 0 Å². The summed E-state index contributed by atoms with van der Waals surface area (Å²) in [6.07, 6.45) is 3.50. The second kappa shape index (κ2) is 8.16. The third kappa shape index (κ3) is 3.85. The van der Waals surface area contributed by atoms with Crippen molar-refractivity contribution in [2.24, 2.45) is 0 Å². The molecule has 0 fully saturated rings. The number of thiazole rings is 1. The van der Waals surface area contributed by atoms with E-state index in [0.29, 0.717) is 17.2 Å². The molecule has 0 unspecified atom stereocenters. The van der Waals surface area contributed by atoms with E-state index in [1.807, 2.05) is 72.8 Å². The molecule has 2 heterocycles. The van der Waals surface area contributed by atoms with Gasteiger partial charge in [0.2, 0.25) is 0 Å². The Morgan fingerprint density at radius 3 is 2.68 bits per heavy atom. The minimum Gasteiger partial charge on any atom is -0.497 e. The molecule has 2 aromatic heterocycles. The van der Waals surface area contributed by atoms with Crippen molar-refractivity contribution in [3.63, 3.8) is 0 Å². The van der Waals surface area contributed by atoms with E-state index < -0.39 is 0 Å². The summed E-state index contributed by atoms with van der Waals surface area (Å²) in [7, 11) is 1.63. The fourth-order valence-electron chi connectivity index (χ4n) is 3.52. The molecule has 5 aromatic rings. The highest BCUT2D eigenvalue weighted by molar-refractivity contribution is 7.22. The Morgan fingerprint density at radius 2 is 1.87 bits per heavy atom. The van der Waals surface area contributed by atoms with Gasteiger partial charge in [0.05, 0.1) is 23.9 Å². The molecular formula is C25H19N3O2S. The van der Waals surface area contributed by atoms with Gasteiger partial charge in [-0.05, 0) is 46.7 Å². The minimum absolute atomic E-state index is 0.0966. The number of fused-ring (bicyclic) bond motifs is 2. The van der Waals surface area contributed by atoms with Crippen LogP contribution in [0.25, 0.3) is 21.0 Å². The first-order valence-corrected chi connectivity index (χ1v) is 10.7. The molecule has 1 amide bonds. The summed E-state index contributed by atoms with van der Waals surface area (Å²) < 4.78 is 6.32. The molecule has 0 bridgehead atoms. The van der Waals surface area contributed by atoms with E-state index in [-0.39, 0.29) is 5.91 Å². The van der Waals surface area contributed by atoms with Crippen LogP contribution in [0.1, 0.15) is 15.9 Å². The number of carbonyl (C=O) groups is 1. The zero-order chi connectivity index (χ0) is 21.2. The molecule has 152 valence electrons. The number of hydrogen-bond acceptors (Lipinski definition) is 5. The summed E-state index contributed by atoms with van der Waals surface area (Å²) in [4.78, 5) is 24.3. The Hall–Kier alpha value is -3.77. The van der Waals surface area contributed by atoms with Crippen LogP contribution in [-0.2, 0) is 6.54 Å². The lowest BCUT2D eigenvalue weighted by Crippen LogP contribution is -2.30. The van der Waals surface area contributed by atoms with Crippen molar-refractivity contribution in [2.45, 2.75) is 6.54 Å². The van der Waals surface area contributed by atoms with Crippen molar-refractivity contribution >= 4 is 43.4 Å². The maximum Gasteiger partial charge on any atom is 0.260 e. The van der Waals surface area contributed by atoms with Crippen molar-refractivity contribution in [1.82, 2.24) is 9.97 Å². The third-order valence-corrected chi connectivity index (χ3v) is 6.18. The van der Waals surface area contributed by atoms with Gasteiger partial charge in [-0.25, -0.2) is 4.98 Å². The molecule has 0 saturated carbocycles. The summed E-state index contributed by atoms with van der Waals surface area (Å²) in [6, 6.07) is 23.4. The molecule has 6 heteroatoms. The lowest BCUT2D eigenvalue weighted by molar-refractivity contribution is 0.0985. The molecule has 0 radical (unpaired) electrons. The SMILES string of the molecule is COc1ccc2sc(N(Cc3cccnc3)C(=O)c3ccc4ccccc4c3)nc2c1. The monoisotopic (exact) mass is 425 g/mol. The Labute approximate surface area is 183 Å². The minimum atomic E-state index is -0.0966. The number of amides is 1. The highest BCUT2D eigenvalue weighted by atomic mass is 32.1. The fourth-order valence-corrected chi connectivity index (χ4v) is 4.46. The van der Waals surface area contributed by atoms with Gasteiger partial charge in [-0.15, -0.1) is 0 Å². The van der Waals surface area contributed by atoms with Crippen molar-refractivity contribution in [3.05, 3.63) is 96.3 Å². The molecule has 31 heavy (non-hydrogen) atoms. The lowest BCUT2D eigenvalue weighted by Gasteiger charge is -2.20. The summed E-state index contributed by atoms with van der Waals surface area (Å²) in [5.41, 5.74) is 2.37. The Kier molecular flexibility index (Phi) is 5.06. The average molecular weight is 426 g/mol. The van der Waals surface area contributed by atoms with E-state index in [0.717, 1.165) is 32.3 Å². The van der Waals surface area contributed by atoms with Gasteiger partial charge in [0.15, 0.2) is 5.13 Å². The molecule has 0 saturated heterocycles. The summed E-state index contributed by atoms with van der Waals surface area (Å²) >= 11 is 1.49. The highest BCUT2D eigenvalue weighted by Crippen LogP contribution is 2.33. The summed E-state index contributed by atoms with van der Waals surface area (Å²) in [5, 5.41) is 2.78. The molecule has 0 aliphatic carbocycles. The van der Waals surface area contributed by atoms with Crippen LogP contribution >= 0.6 is 11.3 Å². The van der Waals surface area contributed by atoms with E-state index in [1.165, 1.54) is 11.3 Å². The first-order valence-electron chi connectivity index (χ1n) is 9.85. The zero-order valence-electron chi connectivity index (χ0n) is 16.9. The van der Waals surface area contributed by atoms with Gasteiger partial charge >= 0.3 is 0 Å². The maximum absolute atomic E-state index is 13.6. The normalized spacial score (nSPS) is 11.0. The van der Waals surface area contributed by atoms with E-state index in [2.05, 4.69) is 4.98 Å². The number of rotatable bonds is 5. The van der Waals surface area contributed by atoms with Crippen LogP contribution in [0.4, 0.5) is 5.13 Å². The van der Waals surface area contributed by atoms with Crippen LogP contribution in [0.5, 0.6) is 5.75 Å². The molecule has 0 aliphatic rings. The predicted molar refractivity (Wildman–Crippen MR) is 125 cm³/mol. The van der Waals surface area contributed by atoms with Crippen LogP contribution in [0.15, 0.2) is 85.2 Å². The standard InChI is InChI=1S/C25H19N3O2S/c1-30-21-10-11-23-22(14-21)27-25(31-23)28(16-17-5-4-12-26-15-17)24(29)20-9-8-18-6-2-3-7-19(18)13-20/h2-15H,16H2,1H3. The molecule has 0 N–H and O–H groups in total. The Balaban J connectivity index is 1.58. The largest absolute Gasteiger partial charge is 0.497 e. The van der Waals surface area contributed by atoms with Crippen LogP contribution in [0, 0.1) is 0 Å². The number of pyridine rings is 1. The van der Waals surface area contributed by atoms with E-state index in [4.69, 9.17) is 9.72 Å². The number of carbonyl (C=O) groups excluding carboxylic acids is 1. The van der Waals surface area contributed by atoms with Crippen molar-refractivity contribution in [3.8, 4) is 5.75 Å². The second-order valence-corrected chi connectivity index (χ2v) is 8.15. The Bertz CT molecular complexity index is 1380. The van der Waals surface area contributed by atoms with Gasteiger partial charge in [0.25, 0.3) is 5.91 Å². The molecule has 0 spiro atoms. The Morgan fingerprint density at radius 1 is 1.00 bits per heavy atom. The van der Waals surface area contributed by atoms with Crippen molar-refractivity contribution in [2.75, 3.05) is 12.0 Å². The highest BCUT2D eigenvalue weighted by Gasteiger charge is 2.22. The number of methoxy groups -OCH3 is 1. The molecule has 5 rings (SSSR count). The molecule has 0 aliphatic heterocycles. The van der Waals surface area contributed by atoms with Crippen LogP contribution in [0.2, 0.25) is 0 Å². The van der Waals surface area contributed by atoms with E-state index in [9.17, 15) is 4.79 Å². The summed E-state index contributed by atoms with van der Waals surface area (Å²) in [6.45, 7) is 0.385. The number of ether oxygens (including phenoxy) is 1. The molecule has 5 nitrogen and oxygen atoms in total. The quantitative estimate of drug-likeness (QED) is 0.362. The number of nitrogens with zero attached hydrogens (tertiary/aromatic N) is 3. The van der Waals surface area contributed by atoms with Crippen LogP contribution in [-0.4, -0.2) is 23.0 Å². The van der Waals surface area contributed by atoms with Gasteiger partial charge in [-0.3, -0.25) is 14.7 Å². The lowest BCUT2D eigenvalue weighted by atomic mass is 10.1. The number of anilines is 1. The average Bonchev–Trinajstić information content (AvgIpc) is 3.25. The molecular weight excluding hydrogens is 406 g/mol. The van der Waals surface area contributed by atoms with Gasteiger partial charge in [0.1, 0.15) is 5.75 Å². The number of benzene rings is 3. The topological polar surface area (TPSA) is 55.3 Å². The van der Waals surface area contributed by atoms with Crippen molar-refractivity contribution in [1.29, 1.82) is 0 Å². The van der Waals surface area contributed by atoms with Gasteiger partial charge in [-0.1, -0.05) is 47.7 Å². The number of aromatic nitrogens is 2. The third-order valence-electron chi connectivity index (χ3n) is 5.12.